The van der Waals surface area contributed by atoms with Crippen LogP contribution in [0.25, 0.3) is 5.69 Å². The summed E-state index contributed by atoms with van der Waals surface area (Å²) in [6.45, 7) is 2.66. The minimum absolute atomic E-state index is 0.0720. The second kappa shape index (κ2) is 8.28. The normalized spacial score (nSPS) is 19.4. The van der Waals surface area contributed by atoms with E-state index >= 15 is 0 Å². The number of fused-ring (bicyclic) bond motifs is 2. The topological polar surface area (TPSA) is 94.8 Å². The number of hydrogen-bond donors (Lipinski definition) is 0. The number of nitrogens with zero attached hydrogens (tertiary/aromatic N) is 6. The van der Waals surface area contributed by atoms with Crippen molar-refractivity contribution in [2.45, 2.75) is 25.3 Å². The number of amides is 1. The minimum Gasteiger partial charge on any atom is -0.492 e. The van der Waals surface area contributed by atoms with Crippen LogP contribution < -0.4 is 14.2 Å². The molecule has 3 aliphatic rings. The maximum absolute atomic E-state index is 12.7. The van der Waals surface area contributed by atoms with Crippen LogP contribution in [0.1, 0.15) is 46.2 Å². The van der Waals surface area contributed by atoms with Crippen LogP contribution in [0.5, 0.6) is 17.2 Å². The molecule has 1 unspecified atom stereocenters. The first kappa shape index (κ1) is 20.9. The molecule has 176 valence electrons. The van der Waals surface area contributed by atoms with Gasteiger partial charge in [0.05, 0.1) is 12.8 Å². The molecule has 1 saturated heterocycles. The Morgan fingerprint density at radius 2 is 1.91 bits per heavy atom. The van der Waals surface area contributed by atoms with Crippen molar-refractivity contribution in [2.75, 3.05) is 40.6 Å². The molecule has 0 aliphatic carbocycles. The average Bonchev–Trinajstić information content (AvgIpc) is 3.64. The molecule has 0 spiro atoms. The zero-order chi connectivity index (χ0) is 23.2. The van der Waals surface area contributed by atoms with E-state index in [1.807, 2.05) is 35.2 Å². The Morgan fingerprint density at radius 1 is 1.12 bits per heavy atom. The Kier molecular flexibility index (Phi) is 5.09. The summed E-state index contributed by atoms with van der Waals surface area (Å²) in [5.41, 5.74) is 3.58. The number of tetrazole rings is 1. The number of likely N-dealkylation sites (N-methyl/N-ethyl adjacent to an activating group) is 1. The summed E-state index contributed by atoms with van der Waals surface area (Å²) in [7, 11) is 3.69. The molecule has 34 heavy (non-hydrogen) atoms. The number of methoxy groups -OCH3 is 1. The second-order valence-corrected chi connectivity index (χ2v) is 8.84. The maximum Gasteiger partial charge on any atom is 0.253 e. The van der Waals surface area contributed by atoms with Crippen LogP contribution >= 0.6 is 0 Å². The molecule has 0 bridgehead atoms. The molecule has 0 radical (unpaired) electrons. The van der Waals surface area contributed by atoms with Crippen LogP contribution in [0.4, 0.5) is 0 Å². The van der Waals surface area contributed by atoms with Crippen LogP contribution in [-0.4, -0.2) is 76.5 Å². The molecule has 6 rings (SSSR count). The molecular weight excluding hydrogens is 436 g/mol. The van der Waals surface area contributed by atoms with Gasteiger partial charge in [0.2, 0.25) is 12.5 Å². The van der Waals surface area contributed by atoms with Crippen molar-refractivity contribution >= 4 is 5.91 Å². The van der Waals surface area contributed by atoms with Crippen LogP contribution in [-0.2, 0) is 6.42 Å². The van der Waals surface area contributed by atoms with Gasteiger partial charge in [0.15, 0.2) is 17.3 Å². The first-order valence-electron chi connectivity index (χ1n) is 11.5. The minimum atomic E-state index is -0.242. The van der Waals surface area contributed by atoms with E-state index in [0.717, 1.165) is 55.7 Å². The fraction of sp³-hybridized carbons (Fsp3) is 0.417. The first-order chi connectivity index (χ1) is 16.7. The van der Waals surface area contributed by atoms with Gasteiger partial charge in [0, 0.05) is 30.8 Å². The zero-order valence-corrected chi connectivity index (χ0v) is 19.2. The lowest BCUT2D eigenvalue weighted by Crippen LogP contribution is -2.35. The fourth-order valence-electron chi connectivity index (χ4n) is 5.16. The summed E-state index contributed by atoms with van der Waals surface area (Å²) in [5, 5.41) is 12.7. The molecule has 3 aromatic rings. The largest absolute Gasteiger partial charge is 0.492 e. The highest BCUT2D eigenvalue weighted by Crippen LogP contribution is 2.50. The molecule has 1 aromatic heterocycles. The lowest BCUT2D eigenvalue weighted by atomic mass is 9.90. The summed E-state index contributed by atoms with van der Waals surface area (Å²) in [6.07, 6.45) is 2.99. The SMILES string of the molecule is COc1c2c(cc3c1C(c1nnnn1-c1ccc(C(=O)N4CCCC4)cc1)N(C)CC3)OCO2. The van der Waals surface area contributed by atoms with E-state index in [9.17, 15) is 4.79 Å². The van der Waals surface area contributed by atoms with E-state index < -0.39 is 0 Å². The van der Waals surface area contributed by atoms with Gasteiger partial charge in [-0.3, -0.25) is 9.69 Å². The Balaban J connectivity index is 1.39. The standard InChI is InChI=1S/C24H26N6O4/c1-28-12-9-16-13-18-21(34-14-33-18)22(32-2)19(16)20(28)23-25-26-27-30(23)17-7-5-15(6-8-17)24(31)29-10-3-4-11-29/h5-8,13,20H,3-4,9-12,14H2,1-2H3. The van der Waals surface area contributed by atoms with Gasteiger partial charge in [0.25, 0.3) is 5.91 Å². The number of carbonyl (C=O) groups excluding carboxylic acids is 1. The number of carbonyl (C=O) groups is 1. The van der Waals surface area contributed by atoms with E-state index in [4.69, 9.17) is 14.2 Å². The number of rotatable bonds is 4. The highest BCUT2D eigenvalue weighted by atomic mass is 16.7. The first-order valence-corrected chi connectivity index (χ1v) is 11.5. The number of benzene rings is 2. The van der Waals surface area contributed by atoms with Crippen molar-refractivity contribution < 1.29 is 19.0 Å². The van der Waals surface area contributed by atoms with Crippen molar-refractivity contribution in [2.24, 2.45) is 0 Å². The lowest BCUT2D eigenvalue weighted by molar-refractivity contribution is 0.0793. The van der Waals surface area contributed by atoms with E-state index in [1.54, 1.807) is 11.8 Å². The second-order valence-electron chi connectivity index (χ2n) is 8.84. The summed E-state index contributed by atoms with van der Waals surface area (Å²) >= 11 is 0. The third-order valence-corrected chi connectivity index (χ3v) is 6.89. The molecule has 4 heterocycles. The fourth-order valence-corrected chi connectivity index (χ4v) is 5.16. The number of likely N-dealkylation sites (tertiary alicyclic amines) is 1. The molecule has 1 fully saturated rings. The van der Waals surface area contributed by atoms with E-state index in [-0.39, 0.29) is 18.7 Å². The molecule has 10 heteroatoms. The van der Waals surface area contributed by atoms with Crippen molar-refractivity contribution in [3.05, 3.63) is 52.8 Å². The van der Waals surface area contributed by atoms with Crippen LogP contribution in [0.15, 0.2) is 30.3 Å². The van der Waals surface area contributed by atoms with Gasteiger partial charge >= 0.3 is 0 Å². The third-order valence-electron chi connectivity index (χ3n) is 6.89. The smallest absolute Gasteiger partial charge is 0.253 e. The van der Waals surface area contributed by atoms with Gasteiger partial charge in [-0.1, -0.05) is 0 Å². The molecule has 0 N–H and O–H groups in total. The predicted molar refractivity (Wildman–Crippen MR) is 122 cm³/mol. The van der Waals surface area contributed by atoms with Gasteiger partial charge in [-0.2, -0.15) is 4.68 Å². The Bertz CT molecular complexity index is 1240. The maximum atomic E-state index is 12.7. The van der Waals surface area contributed by atoms with Gasteiger partial charge in [-0.15, -0.1) is 5.10 Å². The molecule has 10 nitrogen and oxygen atoms in total. The highest BCUT2D eigenvalue weighted by molar-refractivity contribution is 5.94. The quantitative estimate of drug-likeness (QED) is 0.583. The molecular formula is C24H26N6O4. The van der Waals surface area contributed by atoms with Gasteiger partial charge in [0.1, 0.15) is 6.04 Å². The van der Waals surface area contributed by atoms with Crippen LogP contribution in [0.3, 0.4) is 0 Å². The van der Waals surface area contributed by atoms with Crippen LogP contribution in [0.2, 0.25) is 0 Å². The summed E-state index contributed by atoms with van der Waals surface area (Å²) in [5.74, 6) is 2.71. The Morgan fingerprint density at radius 3 is 2.68 bits per heavy atom. The van der Waals surface area contributed by atoms with E-state index in [2.05, 4.69) is 27.5 Å². The average molecular weight is 463 g/mol. The monoisotopic (exact) mass is 462 g/mol. The van der Waals surface area contributed by atoms with Gasteiger partial charge in [-0.05, 0) is 72.6 Å². The molecule has 1 atom stereocenters. The molecule has 3 aliphatic heterocycles. The Hall–Kier alpha value is -3.66. The van der Waals surface area contributed by atoms with Gasteiger partial charge < -0.3 is 19.1 Å². The third kappa shape index (κ3) is 3.28. The molecule has 1 amide bonds. The highest BCUT2D eigenvalue weighted by Gasteiger charge is 2.37. The molecule has 2 aromatic carbocycles. The van der Waals surface area contributed by atoms with Crippen molar-refractivity contribution in [1.29, 1.82) is 0 Å². The van der Waals surface area contributed by atoms with Gasteiger partial charge in [-0.25, -0.2) is 0 Å². The lowest BCUT2D eigenvalue weighted by Gasteiger charge is -2.34. The summed E-state index contributed by atoms with van der Waals surface area (Å²) in [6, 6.07) is 9.27. The predicted octanol–water partition coefficient (Wildman–Crippen LogP) is 2.21. The number of aromatic nitrogens is 4. The van der Waals surface area contributed by atoms with E-state index in [1.165, 1.54) is 0 Å². The number of ether oxygens (including phenoxy) is 3. The van der Waals surface area contributed by atoms with E-state index in [0.29, 0.717) is 28.6 Å². The Labute approximate surface area is 197 Å². The van der Waals surface area contributed by atoms with Crippen molar-refractivity contribution in [3.63, 3.8) is 0 Å². The van der Waals surface area contributed by atoms with Crippen molar-refractivity contribution in [1.82, 2.24) is 30.0 Å². The summed E-state index contributed by atoms with van der Waals surface area (Å²) < 4.78 is 18.9. The van der Waals surface area contributed by atoms with Crippen LogP contribution in [0, 0.1) is 0 Å². The summed E-state index contributed by atoms with van der Waals surface area (Å²) in [4.78, 5) is 16.9. The molecule has 0 saturated carbocycles. The zero-order valence-electron chi connectivity index (χ0n) is 19.2. The van der Waals surface area contributed by atoms with Crippen molar-refractivity contribution in [3.8, 4) is 22.9 Å². The number of hydrogen-bond acceptors (Lipinski definition) is 8.